The third kappa shape index (κ3) is 13.2. The van der Waals surface area contributed by atoms with Gasteiger partial charge in [0.1, 0.15) is 0 Å². The average Bonchev–Trinajstić information content (AvgIpc) is 2.10. The molecule has 3 N–H and O–H groups in total. The summed E-state index contributed by atoms with van der Waals surface area (Å²) in [6.07, 6.45) is 0. The maximum atomic E-state index is 11.4. The molecular weight excluding hydrogens is 240 g/mol. The molecule has 0 aromatic heterocycles. The van der Waals surface area contributed by atoms with Gasteiger partial charge in [-0.3, -0.25) is 9.59 Å². The summed E-state index contributed by atoms with van der Waals surface area (Å²) < 4.78 is 0. The Hall–Kier alpha value is -1.06. The van der Waals surface area contributed by atoms with E-state index in [1.165, 1.54) is 0 Å². The molecule has 0 aliphatic carbocycles. The summed E-state index contributed by atoms with van der Waals surface area (Å²) in [6, 6.07) is 0. The number of nitrogens with one attached hydrogen (secondary N) is 1. The minimum absolute atomic E-state index is 0.123. The van der Waals surface area contributed by atoms with Crippen LogP contribution in [0, 0.1) is 16.2 Å². The van der Waals surface area contributed by atoms with Crippen molar-refractivity contribution in [3.63, 3.8) is 0 Å². The van der Waals surface area contributed by atoms with Gasteiger partial charge in [0.2, 0.25) is 11.8 Å². The van der Waals surface area contributed by atoms with Gasteiger partial charge in [0.05, 0.1) is 0 Å². The highest BCUT2D eigenvalue weighted by Gasteiger charge is 2.22. The molecule has 0 bridgehead atoms. The number of amides is 2. The molecule has 0 aliphatic rings. The van der Waals surface area contributed by atoms with Crippen molar-refractivity contribution in [2.75, 3.05) is 6.54 Å². The fourth-order valence-corrected chi connectivity index (χ4v) is 0.611. The summed E-state index contributed by atoms with van der Waals surface area (Å²) in [7, 11) is 0. The highest BCUT2D eigenvalue weighted by molar-refractivity contribution is 5.81. The lowest BCUT2D eigenvalue weighted by Gasteiger charge is -2.23. The maximum Gasteiger partial charge on any atom is 0.225 e. The first-order valence-corrected chi connectivity index (χ1v) is 6.65. The number of carbonyl (C=O) groups is 2. The highest BCUT2D eigenvalue weighted by Crippen LogP contribution is 2.15. The van der Waals surface area contributed by atoms with E-state index in [2.05, 4.69) is 26.1 Å². The second-order valence-corrected chi connectivity index (χ2v) is 8.11. The monoisotopic (exact) mass is 272 g/mol. The lowest BCUT2D eigenvalue weighted by Crippen LogP contribution is -2.39. The molecule has 0 rings (SSSR count). The normalized spacial score (nSPS) is 12.3. The van der Waals surface area contributed by atoms with Crippen molar-refractivity contribution < 1.29 is 9.59 Å². The largest absolute Gasteiger partial charge is 0.369 e. The summed E-state index contributed by atoms with van der Waals surface area (Å²) in [6.45, 7) is 18.2. The first kappa shape index (κ1) is 20.3. The molecule has 0 saturated carbocycles. The number of carbonyl (C=O) groups excluding carboxylic acids is 2. The van der Waals surface area contributed by atoms with E-state index >= 15 is 0 Å². The van der Waals surface area contributed by atoms with Crippen molar-refractivity contribution in [3.05, 3.63) is 0 Å². The van der Waals surface area contributed by atoms with Crippen LogP contribution in [-0.4, -0.2) is 18.4 Å². The Labute approximate surface area is 118 Å². The molecule has 4 heteroatoms. The number of nitrogens with two attached hydrogens (primary N) is 1. The molecule has 0 heterocycles. The van der Waals surface area contributed by atoms with Crippen LogP contribution in [0.1, 0.15) is 62.3 Å². The van der Waals surface area contributed by atoms with Crippen molar-refractivity contribution in [2.45, 2.75) is 62.3 Å². The second kappa shape index (κ2) is 6.92. The minimum atomic E-state index is -0.361. The molecule has 19 heavy (non-hydrogen) atoms. The zero-order chi connectivity index (χ0) is 16.1. The molecular formula is C15H32N2O2. The number of hydrogen-bond donors (Lipinski definition) is 2. The Morgan fingerprint density at radius 2 is 1.16 bits per heavy atom. The van der Waals surface area contributed by atoms with Gasteiger partial charge < -0.3 is 11.1 Å². The SMILES string of the molecule is CC(C)(C)C(N)=O.CC(C)(C)CNC(=O)C(C)(C)C. The van der Waals surface area contributed by atoms with E-state index in [1.807, 2.05) is 20.8 Å². The zero-order valence-electron chi connectivity index (χ0n) is 14.1. The van der Waals surface area contributed by atoms with Gasteiger partial charge in [0.15, 0.2) is 0 Å². The summed E-state index contributed by atoms with van der Waals surface area (Å²) in [5, 5.41) is 2.92. The van der Waals surface area contributed by atoms with E-state index in [-0.39, 0.29) is 28.1 Å². The van der Waals surface area contributed by atoms with Crippen molar-refractivity contribution >= 4 is 11.8 Å². The van der Waals surface area contributed by atoms with Gasteiger partial charge in [-0.15, -0.1) is 0 Å². The second-order valence-electron chi connectivity index (χ2n) is 8.11. The number of primary amides is 1. The lowest BCUT2D eigenvalue weighted by molar-refractivity contribution is -0.129. The topological polar surface area (TPSA) is 72.2 Å². The number of rotatable bonds is 1. The fraction of sp³-hybridized carbons (Fsp3) is 0.867. The molecule has 0 spiro atoms. The van der Waals surface area contributed by atoms with Crippen LogP contribution in [0.5, 0.6) is 0 Å². The Kier molecular flexibility index (Phi) is 7.38. The van der Waals surface area contributed by atoms with Crippen molar-refractivity contribution in [1.82, 2.24) is 5.32 Å². The van der Waals surface area contributed by atoms with E-state index in [0.717, 1.165) is 6.54 Å². The molecule has 0 atom stereocenters. The van der Waals surface area contributed by atoms with Crippen LogP contribution < -0.4 is 11.1 Å². The lowest BCUT2D eigenvalue weighted by atomic mass is 9.93. The average molecular weight is 272 g/mol. The molecule has 0 unspecified atom stereocenters. The molecule has 0 aromatic rings. The maximum absolute atomic E-state index is 11.4. The smallest absolute Gasteiger partial charge is 0.225 e. The Morgan fingerprint density at radius 1 is 0.842 bits per heavy atom. The summed E-state index contributed by atoms with van der Waals surface area (Å²) >= 11 is 0. The first-order chi connectivity index (χ1) is 8.07. The molecule has 0 fully saturated rings. The predicted molar refractivity (Wildman–Crippen MR) is 80.6 cm³/mol. The minimum Gasteiger partial charge on any atom is -0.369 e. The van der Waals surface area contributed by atoms with Gasteiger partial charge in [-0.05, 0) is 5.41 Å². The van der Waals surface area contributed by atoms with E-state index in [0.29, 0.717) is 0 Å². The first-order valence-electron chi connectivity index (χ1n) is 6.65. The third-order valence-electron chi connectivity index (χ3n) is 2.20. The molecule has 0 radical (unpaired) electrons. The third-order valence-corrected chi connectivity index (χ3v) is 2.20. The number of hydrogen-bond acceptors (Lipinski definition) is 2. The van der Waals surface area contributed by atoms with Gasteiger partial charge in [0, 0.05) is 17.4 Å². The quantitative estimate of drug-likeness (QED) is 0.770. The van der Waals surface area contributed by atoms with Crippen LogP contribution in [0.3, 0.4) is 0 Å². The Bertz CT molecular complexity index is 302. The Balaban J connectivity index is 0. The van der Waals surface area contributed by atoms with Gasteiger partial charge in [-0.25, -0.2) is 0 Å². The standard InChI is InChI=1S/C10H21NO.C5H11NO/c1-9(2,3)7-11-8(12)10(4,5)6;1-5(2,3)4(6)7/h7H2,1-6H3,(H,11,12);1-3H3,(H2,6,7). The predicted octanol–water partition coefficient (Wildman–Crippen LogP) is 2.71. The van der Waals surface area contributed by atoms with Crippen LogP contribution in [0.2, 0.25) is 0 Å². The fourth-order valence-electron chi connectivity index (χ4n) is 0.611. The zero-order valence-corrected chi connectivity index (χ0v) is 14.1. The molecule has 0 aliphatic heterocycles. The van der Waals surface area contributed by atoms with E-state index in [1.54, 1.807) is 20.8 Å². The van der Waals surface area contributed by atoms with Gasteiger partial charge in [-0.2, -0.15) is 0 Å². The molecule has 0 saturated heterocycles. The molecule has 4 nitrogen and oxygen atoms in total. The van der Waals surface area contributed by atoms with Crippen LogP contribution in [-0.2, 0) is 9.59 Å². The summed E-state index contributed by atoms with van der Waals surface area (Å²) in [5.41, 5.74) is 4.46. The summed E-state index contributed by atoms with van der Waals surface area (Å²) in [5.74, 6) is -0.134. The van der Waals surface area contributed by atoms with E-state index in [9.17, 15) is 9.59 Å². The van der Waals surface area contributed by atoms with Crippen LogP contribution in [0.15, 0.2) is 0 Å². The van der Waals surface area contributed by atoms with Crippen LogP contribution in [0.4, 0.5) is 0 Å². The van der Waals surface area contributed by atoms with Crippen LogP contribution in [0.25, 0.3) is 0 Å². The summed E-state index contributed by atoms with van der Waals surface area (Å²) in [4.78, 5) is 21.6. The van der Waals surface area contributed by atoms with Crippen molar-refractivity contribution in [2.24, 2.45) is 22.0 Å². The van der Waals surface area contributed by atoms with E-state index < -0.39 is 0 Å². The van der Waals surface area contributed by atoms with Crippen LogP contribution >= 0.6 is 0 Å². The Morgan fingerprint density at radius 3 is 1.32 bits per heavy atom. The van der Waals surface area contributed by atoms with Gasteiger partial charge >= 0.3 is 0 Å². The molecule has 114 valence electrons. The van der Waals surface area contributed by atoms with Crippen molar-refractivity contribution in [3.8, 4) is 0 Å². The highest BCUT2D eigenvalue weighted by atomic mass is 16.2. The van der Waals surface area contributed by atoms with E-state index in [4.69, 9.17) is 5.73 Å². The van der Waals surface area contributed by atoms with Gasteiger partial charge in [-0.1, -0.05) is 62.3 Å². The molecule has 0 aromatic carbocycles. The van der Waals surface area contributed by atoms with Gasteiger partial charge in [0.25, 0.3) is 0 Å². The van der Waals surface area contributed by atoms with Crippen molar-refractivity contribution in [1.29, 1.82) is 0 Å². The molecule has 2 amide bonds.